The highest BCUT2D eigenvalue weighted by atomic mass is 16.5. The number of carbonyl (C=O) groups is 3. The Bertz CT molecular complexity index is 638. The van der Waals surface area contributed by atoms with E-state index in [2.05, 4.69) is 10.6 Å². The third-order valence-electron chi connectivity index (χ3n) is 4.43. The van der Waals surface area contributed by atoms with E-state index in [1.165, 1.54) is 0 Å². The number of carbonyl (C=O) groups excluding carboxylic acids is 3. The molecule has 3 amide bonds. The van der Waals surface area contributed by atoms with E-state index >= 15 is 0 Å². The van der Waals surface area contributed by atoms with Gasteiger partial charge in [-0.1, -0.05) is 26.2 Å². The molecule has 2 N–H and O–H groups in total. The predicted octanol–water partition coefficient (Wildman–Crippen LogP) is 3.18. The van der Waals surface area contributed by atoms with Gasteiger partial charge < -0.3 is 14.8 Å². The van der Waals surface area contributed by atoms with E-state index in [4.69, 9.17) is 9.47 Å². The van der Waals surface area contributed by atoms with Crippen molar-refractivity contribution < 1.29 is 23.9 Å². The first kappa shape index (κ1) is 20.7. The smallest absolute Gasteiger partial charge is 0.338 e. The van der Waals surface area contributed by atoms with Crippen molar-refractivity contribution in [2.45, 2.75) is 64.5 Å². The van der Waals surface area contributed by atoms with Gasteiger partial charge in [0.1, 0.15) is 5.75 Å². The molecule has 0 aliphatic heterocycles. The monoisotopic (exact) mass is 376 g/mol. The number of urea groups is 1. The van der Waals surface area contributed by atoms with E-state index in [1.54, 1.807) is 31.2 Å². The normalized spacial score (nSPS) is 15.0. The zero-order valence-electron chi connectivity index (χ0n) is 16.0. The van der Waals surface area contributed by atoms with E-state index < -0.39 is 18.0 Å². The summed E-state index contributed by atoms with van der Waals surface area (Å²) in [6.45, 7) is 3.98. The number of hydrogen-bond donors (Lipinski definition) is 2. The van der Waals surface area contributed by atoms with Crippen molar-refractivity contribution in [2.75, 3.05) is 6.61 Å². The Kier molecular flexibility index (Phi) is 8.10. The summed E-state index contributed by atoms with van der Waals surface area (Å²) in [5, 5.41) is 5.09. The lowest BCUT2D eigenvalue weighted by molar-refractivity contribution is -0.126. The zero-order chi connectivity index (χ0) is 19.6. The van der Waals surface area contributed by atoms with Gasteiger partial charge in [0.05, 0.1) is 12.2 Å². The standard InChI is InChI=1S/C20H28N2O5/c1-3-4-13-26-19(24)15-9-11-17(12-10-15)27-14(2)18(23)22-20(25)21-16-7-5-6-8-16/h9-12,14,16H,3-8,13H2,1-2H3,(H2,21,22,23,25)/t14-/m1/s1. The van der Waals surface area contributed by atoms with E-state index in [0.29, 0.717) is 17.9 Å². The van der Waals surface area contributed by atoms with Crippen LogP contribution in [0.1, 0.15) is 62.7 Å². The fourth-order valence-electron chi connectivity index (χ4n) is 2.82. The first-order chi connectivity index (χ1) is 13.0. The number of esters is 1. The van der Waals surface area contributed by atoms with Gasteiger partial charge in [0, 0.05) is 6.04 Å². The molecule has 7 nitrogen and oxygen atoms in total. The Hall–Kier alpha value is -2.57. The van der Waals surface area contributed by atoms with Gasteiger partial charge in [-0.2, -0.15) is 0 Å². The number of ether oxygens (including phenoxy) is 2. The molecule has 148 valence electrons. The van der Waals surface area contributed by atoms with Gasteiger partial charge >= 0.3 is 12.0 Å². The van der Waals surface area contributed by atoms with Gasteiger partial charge in [0.25, 0.3) is 5.91 Å². The summed E-state index contributed by atoms with van der Waals surface area (Å²) in [6.07, 6.45) is 5.02. The summed E-state index contributed by atoms with van der Waals surface area (Å²) in [5.41, 5.74) is 0.423. The van der Waals surface area contributed by atoms with Crippen molar-refractivity contribution in [3.05, 3.63) is 29.8 Å². The molecule has 0 spiro atoms. The molecule has 1 saturated carbocycles. The Morgan fingerprint density at radius 3 is 2.44 bits per heavy atom. The molecule has 27 heavy (non-hydrogen) atoms. The van der Waals surface area contributed by atoms with Crippen LogP contribution in [0.25, 0.3) is 0 Å². The third kappa shape index (κ3) is 6.92. The van der Waals surface area contributed by atoms with Gasteiger partial charge in [-0.3, -0.25) is 10.1 Å². The van der Waals surface area contributed by atoms with Crippen molar-refractivity contribution in [2.24, 2.45) is 0 Å². The minimum Gasteiger partial charge on any atom is -0.481 e. The summed E-state index contributed by atoms with van der Waals surface area (Å²) in [4.78, 5) is 35.8. The second-order valence-electron chi connectivity index (χ2n) is 6.72. The third-order valence-corrected chi connectivity index (χ3v) is 4.43. The quantitative estimate of drug-likeness (QED) is 0.537. The fourth-order valence-corrected chi connectivity index (χ4v) is 2.82. The lowest BCUT2D eigenvalue weighted by Gasteiger charge is -2.16. The van der Waals surface area contributed by atoms with Crippen LogP contribution in [0.2, 0.25) is 0 Å². The largest absolute Gasteiger partial charge is 0.481 e. The molecule has 0 bridgehead atoms. The Morgan fingerprint density at radius 2 is 1.81 bits per heavy atom. The highest BCUT2D eigenvalue weighted by molar-refractivity contribution is 5.96. The number of nitrogens with one attached hydrogen (secondary N) is 2. The Balaban J connectivity index is 1.78. The summed E-state index contributed by atoms with van der Waals surface area (Å²) < 4.78 is 10.7. The SMILES string of the molecule is CCCCOC(=O)c1ccc(O[C@H](C)C(=O)NC(=O)NC2CCCC2)cc1. The van der Waals surface area contributed by atoms with E-state index in [1.807, 2.05) is 6.92 Å². The van der Waals surface area contributed by atoms with Crippen molar-refractivity contribution in [1.29, 1.82) is 0 Å². The fraction of sp³-hybridized carbons (Fsp3) is 0.550. The first-order valence-corrected chi connectivity index (χ1v) is 9.54. The number of imide groups is 1. The molecule has 2 rings (SSSR count). The van der Waals surface area contributed by atoms with Crippen LogP contribution in [0.15, 0.2) is 24.3 Å². The van der Waals surface area contributed by atoms with Crippen LogP contribution in [-0.2, 0) is 9.53 Å². The van der Waals surface area contributed by atoms with Crippen LogP contribution in [0.3, 0.4) is 0 Å². The number of hydrogen-bond acceptors (Lipinski definition) is 5. The molecule has 0 heterocycles. The van der Waals surface area contributed by atoms with Gasteiger partial charge in [0.15, 0.2) is 6.10 Å². The Morgan fingerprint density at radius 1 is 1.15 bits per heavy atom. The Labute approximate surface area is 159 Å². The highest BCUT2D eigenvalue weighted by Gasteiger charge is 2.21. The maximum atomic E-state index is 12.1. The van der Waals surface area contributed by atoms with Crippen molar-refractivity contribution in [1.82, 2.24) is 10.6 Å². The van der Waals surface area contributed by atoms with E-state index in [9.17, 15) is 14.4 Å². The molecule has 1 aliphatic rings. The molecular formula is C20H28N2O5. The van der Waals surface area contributed by atoms with Crippen LogP contribution < -0.4 is 15.4 Å². The number of amides is 3. The van der Waals surface area contributed by atoms with Crippen LogP contribution in [0, 0.1) is 0 Å². The highest BCUT2D eigenvalue weighted by Crippen LogP contribution is 2.17. The average molecular weight is 376 g/mol. The number of rotatable bonds is 8. The maximum absolute atomic E-state index is 12.1. The van der Waals surface area contributed by atoms with Crippen LogP contribution in [0.5, 0.6) is 5.75 Å². The van der Waals surface area contributed by atoms with Crippen LogP contribution in [-0.4, -0.2) is 36.7 Å². The van der Waals surface area contributed by atoms with Crippen LogP contribution in [0.4, 0.5) is 4.79 Å². The molecule has 1 aliphatic carbocycles. The van der Waals surface area contributed by atoms with E-state index in [-0.39, 0.29) is 12.0 Å². The molecule has 1 aromatic carbocycles. The number of unbranched alkanes of at least 4 members (excludes halogenated alkanes) is 1. The zero-order valence-corrected chi connectivity index (χ0v) is 16.0. The molecule has 7 heteroatoms. The molecular weight excluding hydrogens is 348 g/mol. The lowest BCUT2D eigenvalue weighted by atomic mass is 10.2. The lowest BCUT2D eigenvalue weighted by Crippen LogP contribution is -2.47. The van der Waals surface area contributed by atoms with Gasteiger partial charge in [-0.25, -0.2) is 9.59 Å². The topological polar surface area (TPSA) is 93.7 Å². The molecule has 0 unspecified atom stereocenters. The first-order valence-electron chi connectivity index (χ1n) is 9.54. The predicted molar refractivity (Wildman–Crippen MR) is 101 cm³/mol. The minimum absolute atomic E-state index is 0.138. The van der Waals surface area contributed by atoms with Gasteiger partial charge in [-0.05, 0) is 50.5 Å². The summed E-state index contributed by atoms with van der Waals surface area (Å²) in [7, 11) is 0. The molecule has 0 radical (unpaired) electrons. The molecule has 0 aromatic heterocycles. The molecule has 0 saturated heterocycles. The second kappa shape index (κ2) is 10.5. The van der Waals surface area contributed by atoms with Crippen molar-refractivity contribution in [3.63, 3.8) is 0 Å². The minimum atomic E-state index is -0.846. The van der Waals surface area contributed by atoms with E-state index in [0.717, 1.165) is 38.5 Å². The van der Waals surface area contributed by atoms with Crippen molar-refractivity contribution in [3.8, 4) is 5.75 Å². The summed E-state index contributed by atoms with van der Waals surface area (Å²) in [5.74, 6) is -0.475. The molecule has 1 aromatic rings. The molecule has 1 fully saturated rings. The van der Waals surface area contributed by atoms with Crippen molar-refractivity contribution >= 4 is 17.9 Å². The van der Waals surface area contributed by atoms with Crippen LogP contribution >= 0.6 is 0 Å². The molecule has 1 atom stereocenters. The number of benzene rings is 1. The van der Waals surface area contributed by atoms with Gasteiger partial charge in [0.2, 0.25) is 0 Å². The maximum Gasteiger partial charge on any atom is 0.338 e. The summed E-state index contributed by atoms with van der Waals surface area (Å²) >= 11 is 0. The summed E-state index contributed by atoms with van der Waals surface area (Å²) in [6, 6.07) is 6.01. The average Bonchev–Trinajstić information content (AvgIpc) is 3.15. The second-order valence-corrected chi connectivity index (χ2v) is 6.72. The van der Waals surface area contributed by atoms with Gasteiger partial charge in [-0.15, -0.1) is 0 Å².